The highest BCUT2D eigenvalue weighted by molar-refractivity contribution is 5.89. The lowest BCUT2D eigenvalue weighted by molar-refractivity contribution is 0.171. The fourth-order valence-corrected chi connectivity index (χ4v) is 14.7. The minimum absolute atomic E-state index is 0.0949. The van der Waals surface area contributed by atoms with Gasteiger partial charge >= 0.3 is 0 Å². The Bertz CT molecular complexity index is 6840. The molecule has 0 spiro atoms. The predicted molar refractivity (Wildman–Crippen MR) is 485 cm³/mol. The van der Waals surface area contributed by atoms with Crippen molar-refractivity contribution in [3.8, 4) is 66.8 Å². The van der Waals surface area contributed by atoms with Crippen LogP contribution < -0.4 is 32.6 Å². The molecule has 0 saturated carbocycles. The van der Waals surface area contributed by atoms with Crippen LogP contribution >= 0.6 is 0 Å². The summed E-state index contributed by atoms with van der Waals surface area (Å²) in [6, 6.07) is 73.4. The van der Waals surface area contributed by atoms with Crippen LogP contribution in [0.1, 0.15) is 129 Å². The van der Waals surface area contributed by atoms with Crippen LogP contribution in [0.25, 0.3) is 133 Å². The molecule has 129 heavy (non-hydrogen) atoms. The molecule has 18 aromatic rings. The molecule has 0 aliphatic carbocycles. The lowest BCUT2D eigenvalue weighted by Crippen LogP contribution is -2.12. The van der Waals surface area contributed by atoms with Crippen molar-refractivity contribution in [2.75, 3.05) is 0 Å². The molecule has 0 bridgehead atoms. The second-order valence-electron chi connectivity index (χ2n) is 30.5. The largest absolute Gasteiger partial charge is 0.457 e. The van der Waals surface area contributed by atoms with Gasteiger partial charge in [0.15, 0.2) is 0 Å². The molecule has 6 atom stereocenters. The molecule has 0 fully saturated rings. The van der Waals surface area contributed by atoms with Gasteiger partial charge in [-0.25, -0.2) is 26.3 Å². The monoisotopic (exact) mass is 1750 g/mol. The standard InChI is InChI=1S/3C18H15FO3.3C17H13FO3/c3*1-10-6-8-12(9-7-10)15-17(21)16-13(19)4-3-5-14(16)22-18(15)11(2)20;3*1-10(19)17-14(11-6-3-2-4-7-11)16(20)15-12(18)8-5-9-13(15)21-17/h3*3-9,11,20H,1-2H3;3*2-10,19H,1H3. The van der Waals surface area contributed by atoms with E-state index in [9.17, 15) is 85.7 Å². The SMILES string of the molecule is CC(O)c1oc2cccc(F)c2c(=O)c1-c1ccccc1.CC(O)c1oc2cccc(F)c2c(=O)c1-c1ccccc1.CC(O)c1oc2cccc(F)c2c(=O)c1-c1ccccc1.Cc1ccc(-c2c(C(C)O)oc3cccc(F)c3c2=O)cc1.Cc1ccc(-c2c(C(C)O)oc3cccc(F)c3c2=O)cc1.Cc1ccc(-c2c(C(C)O)oc3cccc(F)c3c2=O)cc1. The van der Waals surface area contributed by atoms with Crippen molar-refractivity contribution in [2.24, 2.45) is 0 Å². The van der Waals surface area contributed by atoms with Crippen LogP contribution in [-0.2, 0) is 0 Å². The van der Waals surface area contributed by atoms with Gasteiger partial charge in [0.05, 0.1) is 33.4 Å². The highest BCUT2D eigenvalue weighted by Crippen LogP contribution is 2.38. The molecule has 0 amide bonds. The molecular weight excluding hydrogens is 1660 g/mol. The van der Waals surface area contributed by atoms with Crippen LogP contribution in [0.2, 0.25) is 0 Å². The van der Waals surface area contributed by atoms with Crippen LogP contribution in [0.15, 0.2) is 328 Å². The highest BCUT2D eigenvalue weighted by Gasteiger charge is 2.29. The molecule has 18 nitrogen and oxygen atoms in total. The Morgan fingerprint density at radius 1 is 0.194 bits per heavy atom. The van der Waals surface area contributed by atoms with Gasteiger partial charge in [-0.2, -0.15) is 0 Å². The van der Waals surface area contributed by atoms with Crippen molar-refractivity contribution in [3.05, 3.63) is 420 Å². The van der Waals surface area contributed by atoms with Gasteiger partial charge in [0.2, 0.25) is 32.6 Å². The average Bonchev–Trinajstić information content (AvgIpc) is 0.819. The summed E-state index contributed by atoms with van der Waals surface area (Å²) in [6.07, 6.45) is -5.84. The Morgan fingerprint density at radius 2 is 0.333 bits per heavy atom. The molecule has 18 rings (SSSR count). The molecular formula is C105H84F6O18. The normalized spacial score (nSPS) is 12.5. The minimum atomic E-state index is -0.975. The summed E-state index contributed by atoms with van der Waals surface area (Å²) in [6.45, 7) is 14.9. The zero-order valence-electron chi connectivity index (χ0n) is 70.8. The number of hydrogen-bond donors (Lipinski definition) is 6. The van der Waals surface area contributed by atoms with E-state index in [2.05, 4.69) is 0 Å². The molecule has 6 heterocycles. The smallest absolute Gasteiger partial charge is 0.203 e. The van der Waals surface area contributed by atoms with Gasteiger partial charge in [0.1, 0.15) is 172 Å². The van der Waals surface area contributed by atoms with Crippen molar-refractivity contribution in [3.63, 3.8) is 0 Å². The third-order valence-electron chi connectivity index (χ3n) is 20.9. The molecule has 12 aromatic carbocycles. The minimum Gasteiger partial charge on any atom is -0.457 e. The molecule has 24 heteroatoms. The van der Waals surface area contributed by atoms with Crippen molar-refractivity contribution in [2.45, 2.75) is 98.9 Å². The van der Waals surface area contributed by atoms with Crippen LogP contribution in [0.3, 0.4) is 0 Å². The third kappa shape index (κ3) is 19.6. The maximum Gasteiger partial charge on any atom is 0.203 e. The molecule has 6 N–H and O–H groups in total. The number of halogens is 6. The van der Waals surface area contributed by atoms with E-state index < -0.39 is 104 Å². The van der Waals surface area contributed by atoms with E-state index in [1.54, 1.807) is 109 Å². The fraction of sp³-hybridized carbons (Fsp3) is 0.143. The summed E-state index contributed by atoms with van der Waals surface area (Å²) in [7, 11) is 0. The molecule has 0 radical (unpaired) electrons. The Morgan fingerprint density at radius 3 is 0.473 bits per heavy atom. The van der Waals surface area contributed by atoms with Gasteiger partial charge < -0.3 is 57.1 Å². The molecule has 0 saturated heterocycles. The van der Waals surface area contributed by atoms with Crippen LogP contribution in [0.4, 0.5) is 26.3 Å². The Balaban J connectivity index is 0.000000132. The van der Waals surface area contributed by atoms with E-state index in [0.29, 0.717) is 33.4 Å². The number of rotatable bonds is 12. The second-order valence-corrected chi connectivity index (χ2v) is 30.5. The number of aryl methyl sites for hydroxylation is 3. The van der Waals surface area contributed by atoms with Gasteiger partial charge in [-0.3, -0.25) is 28.8 Å². The Kier molecular flexibility index (Phi) is 28.4. The quantitative estimate of drug-likeness (QED) is 0.0619. The summed E-state index contributed by atoms with van der Waals surface area (Å²) in [4.78, 5) is 76.2. The Hall–Kier alpha value is -14.8. The van der Waals surface area contributed by atoms with E-state index in [4.69, 9.17) is 26.5 Å². The molecule has 654 valence electrons. The molecule has 0 aliphatic rings. The summed E-state index contributed by atoms with van der Waals surface area (Å²) >= 11 is 0. The second kappa shape index (κ2) is 39.8. The lowest BCUT2D eigenvalue weighted by Gasteiger charge is -2.12. The van der Waals surface area contributed by atoms with E-state index in [0.717, 1.165) is 16.7 Å². The fourth-order valence-electron chi connectivity index (χ4n) is 14.7. The van der Waals surface area contributed by atoms with Gasteiger partial charge in [-0.1, -0.05) is 217 Å². The maximum atomic E-state index is 14.0. The number of aliphatic hydroxyl groups is 6. The number of benzene rings is 12. The van der Waals surface area contributed by atoms with E-state index in [1.165, 1.54) is 151 Å². The van der Waals surface area contributed by atoms with Crippen LogP contribution in [-0.4, -0.2) is 30.6 Å². The average molecular weight is 1750 g/mol. The zero-order valence-corrected chi connectivity index (χ0v) is 70.8. The van der Waals surface area contributed by atoms with Gasteiger partial charge in [-0.05, 0) is 168 Å². The Labute approximate surface area is 731 Å². The van der Waals surface area contributed by atoms with Gasteiger partial charge in [0, 0.05) is 0 Å². The maximum absolute atomic E-state index is 14.0. The van der Waals surface area contributed by atoms with Gasteiger partial charge in [0.25, 0.3) is 0 Å². The van der Waals surface area contributed by atoms with E-state index in [1.807, 2.05) is 75.4 Å². The number of hydrogen-bond acceptors (Lipinski definition) is 18. The molecule has 0 aliphatic heterocycles. The first-order valence-corrected chi connectivity index (χ1v) is 40.7. The first-order chi connectivity index (χ1) is 61.7. The van der Waals surface area contributed by atoms with Crippen molar-refractivity contribution in [1.82, 2.24) is 0 Å². The molecule has 6 unspecified atom stereocenters. The number of fused-ring (bicyclic) bond motifs is 6. The molecule has 6 aromatic heterocycles. The van der Waals surface area contributed by atoms with Crippen molar-refractivity contribution >= 4 is 65.8 Å². The first-order valence-electron chi connectivity index (χ1n) is 40.7. The van der Waals surface area contributed by atoms with Crippen molar-refractivity contribution < 1.29 is 83.5 Å². The summed E-state index contributed by atoms with van der Waals surface area (Å²) in [5, 5.41) is 58.9. The topological polar surface area (TPSA) is 303 Å². The van der Waals surface area contributed by atoms with E-state index in [-0.39, 0.29) is 134 Å². The summed E-state index contributed by atoms with van der Waals surface area (Å²) in [5.41, 5.74) is 5.85. The lowest BCUT2D eigenvalue weighted by atomic mass is 9.99. The van der Waals surface area contributed by atoms with Crippen LogP contribution in [0.5, 0.6) is 0 Å². The third-order valence-corrected chi connectivity index (χ3v) is 20.9. The first kappa shape index (κ1) is 91.9. The zero-order chi connectivity index (χ0) is 92.5. The summed E-state index contributed by atoms with van der Waals surface area (Å²) in [5.74, 6) is -2.91. The highest BCUT2D eigenvalue weighted by atomic mass is 19.1. The number of aliphatic hydroxyl groups excluding tert-OH is 6. The van der Waals surface area contributed by atoms with E-state index >= 15 is 0 Å². The predicted octanol–water partition coefficient (Wildman–Crippen LogP) is 22.8. The summed E-state index contributed by atoms with van der Waals surface area (Å²) < 4.78 is 117. The van der Waals surface area contributed by atoms with Crippen molar-refractivity contribution in [1.29, 1.82) is 0 Å². The van der Waals surface area contributed by atoms with Gasteiger partial charge in [-0.15, -0.1) is 0 Å². The van der Waals surface area contributed by atoms with Crippen LogP contribution in [0, 0.1) is 55.7 Å².